The summed E-state index contributed by atoms with van der Waals surface area (Å²) in [6, 6.07) is 8.28. The molecular weight excluding hydrogens is 416 g/mol. The molecule has 0 atom stereocenters. The molecule has 2 aliphatic heterocycles. The van der Waals surface area contributed by atoms with Crippen LogP contribution in [-0.2, 0) is 22.7 Å². The molecule has 1 amide bonds. The number of H-pyrrole nitrogens is 1. The molecule has 2 aliphatic rings. The molecule has 0 unspecified atom stereocenters. The number of ether oxygens (including phenoxy) is 2. The van der Waals surface area contributed by atoms with E-state index in [1.165, 1.54) is 56.6 Å². The second kappa shape index (κ2) is 8.71. The van der Waals surface area contributed by atoms with Crippen LogP contribution < -0.4 is 5.32 Å². The minimum Gasteiger partial charge on any atom is -0.444 e. The Kier molecular flexibility index (Phi) is 6.29. The van der Waals surface area contributed by atoms with Gasteiger partial charge in [0.05, 0.1) is 13.2 Å². The number of aromatic nitrogens is 1. The number of carbonyl (C=O) groups excluding carboxylic acids is 1. The highest BCUT2D eigenvalue weighted by molar-refractivity contribution is 6.91. The molecule has 32 heavy (non-hydrogen) atoms. The van der Waals surface area contributed by atoms with Crippen molar-refractivity contribution in [1.82, 2.24) is 9.88 Å². The van der Waals surface area contributed by atoms with E-state index < -0.39 is 13.7 Å². The molecule has 174 valence electrons. The van der Waals surface area contributed by atoms with Crippen molar-refractivity contribution in [3.8, 4) is 0 Å². The third-order valence-corrected chi connectivity index (χ3v) is 13.0. The Morgan fingerprint density at radius 1 is 1.12 bits per heavy atom. The second-order valence-electron chi connectivity index (χ2n) is 10.2. The number of nitrogens with one attached hydrogen (secondary N) is 1. The van der Waals surface area contributed by atoms with Crippen LogP contribution in [0.1, 0.15) is 64.7 Å². The molecule has 6 heteroatoms. The average molecular weight is 455 g/mol. The molecule has 0 bridgehead atoms. The number of aromatic amines is 1. The minimum atomic E-state index is -1.54. The molecule has 0 saturated carbocycles. The van der Waals surface area contributed by atoms with Crippen molar-refractivity contribution in [2.45, 2.75) is 84.9 Å². The van der Waals surface area contributed by atoms with Gasteiger partial charge in [0.15, 0.2) is 0 Å². The smallest absolute Gasteiger partial charge is 0.410 e. The Balaban J connectivity index is 1.69. The first kappa shape index (κ1) is 23.1. The van der Waals surface area contributed by atoms with Crippen LogP contribution in [-0.4, -0.2) is 42.7 Å². The highest BCUT2D eigenvalue weighted by Crippen LogP contribution is 2.37. The summed E-state index contributed by atoms with van der Waals surface area (Å²) in [4.78, 5) is 18.1. The molecule has 2 aromatic rings. The second-order valence-corrected chi connectivity index (χ2v) is 15.4. The van der Waals surface area contributed by atoms with Crippen LogP contribution in [0.3, 0.4) is 0 Å². The predicted octanol–water partition coefficient (Wildman–Crippen LogP) is 5.94. The molecule has 0 fully saturated rings. The summed E-state index contributed by atoms with van der Waals surface area (Å²) in [5.74, 6) is 0. The van der Waals surface area contributed by atoms with E-state index in [9.17, 15) is 4.79 Å². The van der Waals surface area contributed by atoms with Gasteiger partial charge in [-0.2, -0.15) is 0 Å². The first-order valence-corrected chi connectivity index (χ1v) is 14.8. The lowest BCUT2D eigenvalue weighted by Crippen LogP contribution is -2.48. The lowest BCUT2D eigenvalue weighted by Gasteiger charge is -2.31. The number of rotatable bonds is 5. The van der Waals surface area contributed by atoms with Gasteiger partial charge in [-0.1, -0.05) is 51.0 Å². The summed E-state index contributed by atoms with van der Waals surface area (Å²) in [6.07, 6.45) is 2.79. The maximum Gasteiger partial charge on any atom is 0.410 e. The van der Waals surface area contributed by atoms with Crippen molar-refractivity contribution in [1.29, 1.82) is 0 Å². The molecule has 0 aliphatic carbocycles. The predicted molar refractivity (Wildman–Crippen MR) is 134 cm³/mol. The Hall–Kier alpha value is -2.05. The van der Waals surface area contributed by atoms with E-state index >= 15 is 0 Å². The van der Waals surface area contributed by atoms with Gasteiger partial charge in [-0.15, -0.1) is 0 Å². The Morgan fingerprint density at radius 3 is 2.41 bits per heavy atom. The van der Waals surface area contributed by atoms with Gasteiger partial charge >= 0.3 is 6.09 Å². The van der Waals surface area contributed by atoms with Gasteiger partial charge in [-0.05, 0) is 50.0 Å². The van der Waals surface area contributed by atoms with Crippen molar-refractivity contribution in [2.24, 2.45) is 0 Å². The fourth-order valence-corrected chi connectivity index (χ4v) is 9.22. The monoisotopic (exact) mass is 454 g/mol. The Bertz CT molecular complexity index is 1040. The van der Waals surface area contributed by atoms with Crippen LogP contribution in [0.5, 0.6) is 0 Å². The molecule has 1 aromatic heterocycles. The van der Waals surface area contributed by atoms with E-state index in [1.807, 2.05) is 20.8 Å². The molecule has 0 spiro atoms. The topological polar surface area (TPSA) is 54.6 Å². The molecular formula is C26H38N2O3Si. The van der Waals surface area contributed by atoms with Crippen LogP contribution in [0.4, 0.5) is 4.79 Å². The highest BCUT2D eigenvalue weighted by Gasteiger charge is 2.36. The lowest BCUT2D eigenvalue weighted by molar-refractivity contribution is 0.0270. The van der Waals surface area contributed by atoms with Crippen molar-refractivity contribution in [2.75, 3.05) is 13.1 Å². The molecule has 4 rings (SSSR count). The number of amides is 1. The minimum absolute atomic E-state index is 0.231. The van der Waals surface area contributed by atoms with Gasteiger partial charge in [0.1, 0.15) is 13.7 Å². The van der Waals surface area contributed by atoms with E-state index in [0.29, 0.717) is 26.3 Å². The van der Waals surface area contributed by atoms with E-state index in [4.69, 9.17) is 9.47 Å². The van der Waals surface area contributed by atoms with Crippen molar-refractivity contribution < 1.29 is 14.3 Å². The third kappa shape index (κ3) is 4.03. The largest absolute Gasteiger partial charge is 0.444 e. The van der Waals surface area contributed by atoms with Crippen LogP contribution >= 0.6 is 0 Å². The summed E-state index contributed by atoms with van der Waals surface area (Å²) >= 11 is 0. The highest BCUT2D eigenvalue weighted by atomic mass is 28.3. The van der Waals surface area contributed by atoms with Gasteiger partial charge in [0.25, 0.3) is 0 Å². The van der Waals surface area contributed by atoms with Crippen LogP contribution in [0.2, 0.25) is 18.1 Å². The number of hydrogen-bond acceptors (Lipinski definition) is 3. The zero-order chi connectivity index (χ0) is 23.1. The fraction of sp³-hybridized carbons (Fsp3) is 0.577. The standard InChI is InChI=1S/C26H38N2O3Si/c1-7-32(8-2,9-3)24-21-17-30-16-20-19(10-11-22(27-24)23(20)21)18-12-14-28(15-13-18)25(29)31-26(4,5)6/h10-12,27H,7-9,13-17H2,1-6H3. The number of benzene rings is 1. The first-order valence-electron chi connectivity index (χ1n) is 12.1. The summed E-state index contributed by atoms with van der Waals surface area (Å²) in [6.45, 7) is 15.4. The number of hydrogen-bond donors (Lipinski definition) is 1. The van der Waals surface area contributed by atoms with Gasteiger partial charge in [0, 0.05) is 34.9 Å². The summed E-state index contributed by atoms with van der Waals surface area (Å²) in [5, 5.41) is 2.90. The summed E-state index contributed by atoms with van der Waals surface area (Å²) in [5.41, 5.74) is 6.11. The SMILES string of the molecule is CC[Si](CC)(CC)c1[nH]c2ccc(C3=CCN(C(=O)OC(C)(C)C)CC3)c3c2c1COC3. The van der Waals surface area contributed by atoms with Crippen LogP contribution in [0.25, 0.3) is 16.5 Å². The number of nitrogens with zero attached hydrogens (tertiary/aromatic N) is 1. The van der Waals surface area contributed by atoms with E-state index in [1.54, 1.807) is 4.90 Å². The third-order valence-electron chi connectivity index (χ3n) is 7.44. The molecule has 0 saturated heterocycles. The van der Waals surface area contributed by atoms with Gasteiger partial charge in [-0.25, -0.2) is 4.79 Å². The van der Waals surface area contributed by atoms with Crippen molar-refractivity contribution in [3.63, 3.8) is 0 Å². The Labute approximate surface area is 193 Å². The zero-order valence-corrected chi connectivity index (χ0v) is 21.6. The summed E-state index contributed by atoms with van der Waals surface area (Å²) < 4.78 is 11.7. The maximum atomic E-state index is 12.4. The fourth-order valence-electron chi connectivity index (χ4n) is 5.42. The van der Waals surface area contributed by atoms with E-state index in [0.717, 1.165) is 6.42 Å². The first-order chi connectivity index (χ1) is 15.2. The summed E-state index contributed by atoms with van der Waals surface area (Å²) in [7, 11) is -1.54. The molecule has 0 radical (unpaired) electrons. The molecule has 1 aromatic carbocycles. The Morgan fingerprint density at radius 2 is 1.81 bits per heavy atom. The van der Waals surface area contributed by atoms with Gasteiger partial charge < -0.3 is 19.4 Å². The lowest BCUT2D eigenvalue weighted by atomic mass is 9.91. The average Bonchev–Trinajstić information content (AvgIpc) is 3.16. The number of carbonyl (C=O) groups is 1. The van der Waals surface area contributed by atoms with Gasteiger partial charge in [0.2, 0.25) is 0 Å². The maximum absolute atomic E-state index is 12.4. The van der Waals surface area contributed by atoms with E-state index in [-0.39, 0.29) is 6.09 Å². The molecule has 1 N–H and O–H groups in total. The van der Waals surface area contributed by atoms with Gasteiger partial charge in [-0.3, -0.25) is 0 Å². The normalized spacial score (nSPS) is 16.9. The van der Waals surface area contributed by atoms with Crippen LogP contribution in [0.15, 0.2) is 18.2 Å². The molecule has 5 nitrogen and oxygen atoms in total. The van der Waals surface area contributed by atoms with Crippen molar-refractivity contribution in [3.05, 3.63) is 34.9 Å². The molecule has 3 heterocycles. The van der Waals surface area contributed by atoms with E-state index in [2.05, 4.69) is 44.0 Å². The van der Waals surface area contributed by atoms with Crippen molar-refractivity contribution >= 4 is 36.0 Å². The van der Waals surface area contributed by atoms with Crippen LogP contribution in [0, 0.1) is 0 Å². The quantitative estimate of drug-likeness (QED) is 0.569. The zero-order valence-electron chi connectivity index (χ0n) is 20.6.